The van der Waals surface area contributed by atoms with Crippen LogP contribution < -0.4 is 10.6 Å². The number of ether oxygens (including phenoxy) is 1. The molecule has 0 bridgehead atoms. The lowest BCUT2D eigenvalue weighted by atomic mass is 9.82. The van der Waals surface area contributed by atoms with Crippen molar-refractivity contribution in [3.63, 3.8) is 0 Å². The van der Waals surface area contributed by atoms with E-state index in [1.165, 1.54) is 4.90 Å². The van der Waals surface area contributed by atoms with Crippen LogP contribution in [0.2, 0.25) is 0 Å². The molecule has 27 heavy (non-hydrogen) atoms. The predicted octanol–water partition coefficient (Wildman–Crippen LogP) is 1.45. The fraction of sp³-hybridized carbons (Fsp3) is 0.550. The smallest absolute Gasteiger partial charge is 0.253 e. The number of imide groups is 1. The van der Waals surface area contributed by atoms with Crippen molar-refractivity contribution in [1.82, 2.24) is 4.90 Å². The van der Waals surface area contributed by atoms with E-state index in [9.17, 15) is 14.4 Å². The summed E-state index contributed by atoms with van der Waals surface area (Å²) < 4.78 is 6.02. The van der Waals surface area contributed by atoms with E-state index in [-0.39, 0.29) is 42.2 Å². The highest BCUT2D eigenvalue weighted by Crippen LogP contribution is 2.35. The van der Waals surface area contributed by atoms with Crippen LogP contribution in [0.15, 0.2) is 24.3 Å². The van der Waals surface area contributed by atoms with Crippen molar-refractivity contribution in [3.8, 4) is 0 Å². The van der Waals surface area contributed by atoms with Crippen LogP contribution in [0.3, 0.4) is 0 Å². The van der Waals surface area contributed by atoms with E-state index in [1.807, 2.05) is 4.90 Å². The Kier molecular flexibility index (Phi) is 4.74. The van der Waals surface area contributed by atoms with Crippen LogP contribution in [0.4, 0.5) is 5.69 Å². The number of carbonyl (C=O) groups excluding carboxylic acids is 3. The quantitative estimate of drug-likeness (QED) is 0.795. The second-order valence-electron chi connectivity index (χ2n) is 7.75. The molecule has 3 saturated heterocycles. The van der Waals surface area contributed by atoms with Gasteiger partial charge in [-0.25, -0.2) is 0 Å². The molecule has 7 nitrogen and oxygen atoms in total. The van der Waals surface area contributed by atoms with Gasteiger partial charge in [0.15, 0.2) is 0 Å². The van der Waals surface area contributed by atoms with Gasteiger partial charge in [0.25, 0.3) is 5.91 Å². The Bertz CT molecular complexity index is 737. The SMILES string of the molecule is NC1CCOC2(CCN(C(=O)c3ccc(N4C(=O)CCC4=O)cc3)CC2)C1. The van der Waals surface area contributed by atoms with Gasteiger partial charge in [-0.2, -0.15) is 0 Å². The molecule has 3 fully saturated rings. The maximum absolute atomic E-state index is 12.8. The minimum Gasteiger partial charge on any atom is -0.375 e. The molecular formula is C20H25N3O4. The number of nitrogens with two attached hydrogens (primary N) is 1. The summed E-state index contributed by atoms with van der Waals surface area (Å²) in [7, 11) is 0. The van der Waals surface area contributed by atoms with E-state index in [1.54, 1.807) is 24.3 Å². The van der Waals surface area contributed by atoms with Gasteiger partial charge in [0.1, 0.15) is 0 Å². The minimum atomic E-state index is -0.189. The molecule has 7 heteroatoms. The first kappa shape index (κ1) is 18.1. The number of likely N-dealkylation sites (tertiary alicyclic amines) is 1. The number of piperidine rings is 1. The number of amides is 3. The van der Waals surface area contributed by atoms with Crippen LogP contribution in [0.25, 0.3) is 0 Å². The Labute approximate surface area is 158 Å². The maximum Gasteiger partial charge on any atom is 0.253 e. The average molecular weight is 371 g/mol. The maximum atomic E-state index is 12.8. The first-order chi connectivity index (χ1) is 13.0. The third kappa shape index (κ3) is 3.49. The third-order valence-electron chi connectivity index (χ3n) is 5.92. The summed E-state index contributed by atoms with van der Waals surface area (Å²) >= 11 is 0. The number of benzene rings is 1. The molecule has 1 aromatic carbocycles. The Morgan fingerprint density at radius 1 is 1.07 bits per heavy atom. The van der Waals surface area contributed by atoms with Gasteiger partial charge in [-0.15, -0.1) is 0 Å². The number of anilines is 1. The van der Waals surface area contributed by atoms with Gasteiger partial charge in [0.05, 0.1) is 11.3 Å². The zero-order chi connectivity index (χ0) is 19.0. The van der Waals surface area contributed by atoms with Crippen molar-refractivity contribution < 1.29 is 19.1 Å². The highest BCUT2D eigenvalue weighted by molar-refractivity contribution is 6.19. The number of nitrogens with zero attached hydrogens (tertiary/aromatic N) is 2. The lowest BCUT2D eigenvalue weighted by molar-refractivity contribution is -0.121. The molecule has 3 aliphatic rings. The van der Waals surface area contributed by atoms with E-state index < -0.39 is 0 Å². The Morgan fingerprint density at radius 3 is 2.30 bits per heavy atom. The van der Waals surface area contributed by atoms with E-state index >= 15 is 0 Å². The lowest BCUT2D eigenvalue weighted by Crippen LogP contribution is -2.53. The van der Waals surface area contributed by atoms with Crippen LogP contribution in [0.1, 0.15) is 48.9 Å². The summed E-state index contributed by atoms with van der Waals surface area (Å²) in [6.45, 7) is 2.00. The standard InChI is InChI=1S/C20H25N3O4/c21-15-7-12-27-20(13-15)8-10-22(11-9-20)19(26)14-1-3-16(4-2-14)23-17(24)5-6-18(23)25/h1-4,15H,5-13,21H2. The third-order valence-corrected chi connectivity index (χ3v) is 5.92. The molecule has 1 unspecified atom stereocenters. The highest BCUT2D eigenvalue weighted by Gasteiger charge is 2.40. The molecule has 0 radical (unpaired) electrons. The molecule has 3 aliphatic heterocycles. The molecule has 2 N–H and O–H groups in total. The summed E-state index contributed by atoms with van der Waals surface area (Å²) in [5, 5.41) is 0. The topological polar surface area (TPSA) is 92.9 Å². The fourth-order valence-corrected chi connectivity index (χ4v) is 4.33. The normalized spacial score (nSPS) is 25.3. The summed E-state index contributed by atoms with van der Waals surface area (Å²) in [4.78, 5) is 39.5. The molecule has 4 rings (SSSR count). The summed E-state index contributed by atoms with van der Waals surface area (Å²) in [5.41, 5.74) is 7.02. The first-order valence-electron chi connectivity index (χ1n) is 9.62. The summed E-state index contributed by atoms with van der Waals surface area (Å²) in [6, 6.07) is 6.90. The molecule has 1 atom stereocenters. The minimum absolute atomic E-state index is 0.0319. The molecule has 3 amide bonds. The van der Waals surface area contributed by atoms with E-state index in [0.717, 1.165) is 25.7 Å². The van der Waals surface area contributed by atoms with Crippen LogP contribution in [-0.4, -0.2) is 54.0 Å². The zero-order valence-electron chi connectivity index (χ0n) is 15.4. The van der Waals surface area contributed by atoms with E-state index in [0.29, 0.717) is 30.9 Å². The van der Waals surface area contributed by atoms with Gasteiger partial charge < -0.3 is 15.4 Å². The summed E-state index contributed by atoms with van der Waals surface area (Å²) in [6.07, 6.45) is 3.88. The summed E-state index contributed by atoms with van der Waals surface area (Å²) in [5.74, 6) is -0.409. The molecule has 1 spiro atoms. The Balaban J connectivity index is 1.40. The second-order valence-corrected chi connectivity index (χ2v) is 7.75. The molecule has 144 valence electrons. The average Bonchev–Trinajstić information content (AvgIpc) is 3.00. The van der Waals surface area contributed by atoms with Crippen LogP contribution >= 0.6 is 0 Å². The molecule has 0 aromatic heterocycles. The Hall–Kier alpha value is -2.25. The van der Waals surface area contributed by atoms with Crippen LogP contribution in [0.5, 0.6) is 0 Å². The predicted molar refractivity (Wildman–Crippen MR) is 99.2 cm³/mol. The van der Waals surface area contributed by atoms with Crippen molar-refractivity contribution in [3.05, 3.63) is 29.8 Å². The molecule has 0 aliphatic carbocycles. The molecule has 1 aromatic rings. The van der Waals surface area contributed by atoms with Gasteiger partial charge in [-0.1, -0.05) is 0 Å². The molecule has 3 heterocycles. The van der Waals surface area contributed by atoms with Gasteiger partial charge >= 0.3 is 0 Å². The molecular weight excluding hydrogens is 346 g/mol. The Morgan fingerprint density at radius 2 is 1.70 bits per heavy atom. The molecule has 0 saturated carbocycles. The zero-order valence-corrected chi connectivity index (χ0v) is 15.4. The van der Waals surface area contributed by atoms with Crippen molar-refractivity contribution in [2.24, 2.45) is 5.73 Å². The first-order valence-corrected chi connectivity index (χ1v) is 9.62. The monoisotopic (exact) mass is 371 g/mol. The van der Waals surface area contributed by atoms with Crippen molar-refractivity contribution in [2.45, 2.75) is 50.2 Å². The van der Waals surface area contributed by atoms with Crippen molar-refractivity contribution >= 4 is 23.4 Å². The van der Waals surface area contributed by atoms with Crippen LogP contribution in [0, 0.1) is 0 Å². The van der Waals surface area contributed by atoms with Crippen LogP contribution in [-0.2, 0) is 14.3 Å². The highest BCUT2D eigenvalue weighted by atomic mass is 16.5. The van der Waals surface area contributed by atoms with Crippen molar-refractivity contribution in [2.75, 3.05) is 24.6 Å². The van der Waals surface area contributed by atoms with Crippen molar-refractivity contribution in [1.29, 1.82) is 0 Å². The fourth-order valence-electron chi connectivity index (χ4n) is 4.33. The number of rotatable bonds is 2. The van der Waals surface area contributed by atoms with Gasteiger partial charge in [0.2, 0.25) is 11.8 Å². The van der Waals surface area contributed by atoms with Gasteiger partial charge in [-0.3, -0.25) is 19.3 Å². The number of carbonyl (C=O) groups is 3. The number of hydrogen-bond donors (Lipinski definition) is 1. The van der Waals surface area contributed by atoms with E-state index in [4.69, 9.17) is 10.5 Å². The number of hydrogen-bond acceptors (Lipinski definition) is 5. The van der Waals surface area contributed by atoms with Gasteiger partial charge in [0, 0.05) is 44.1 Å². The lowest BCUT2D eigenvalue weighted by Gasteiger charge is -2.45. The second kappa shape index (κ2) is 7.05. The largest absolute Gasteiger partial charge is 0.375 e. The van der Waals surface area contributed by atoms with Gasteiger partial charge in [-0.05, 0) is 49.9 Å². The van der Waals surface area contributed by atoms with E-state index in [2.05, 4.69) is 0 Å².